The fourth-order valence-electron chi connectivity index (χ4n) is 1.81. The number of nitrogens with one attached hydrogen (secondary N) is 1. The number of benzene rings is 1. The van der Waals surface area contributed by atoms with Crippen molar-refractivity contribution in [3.8, 4) is 0 Å². The van der Waals surface area contributed by atoms with Gasteiger partial charge in [0.15, 0.2) is 0 Å². The Balaban J connectivity index is 2.37. The van der Waals surface area contributed by atoms with E-state index in [9.17, 15) is 17.6 Å². The number of carbonyl (C=O) groups excluding carboxylic acids is 1. The minimum Gasteiger partial charge on any atom is -0.351 e. The smallest absolute Gasteiger partial charge is 0.274 e. The zero-order valence-corrected chi connectivity index (χ0v) is 13.7. The Labute approximate surface area is 138 Å². The SMILES string of the molecule is C=CCNC(=O)CN(c1ccc(F)cc1)S(=O)(=O)c1cccs1. The molecule has 0 spiro atoms. The van der Waals surface area contributed by atoms with E-state index in [1.54, 1.807) is 11.4 Å². The first-order chi connectivity index (χ1) is 10.9. The topological polar surface area (TPSA) is 66.5 Å². The molecule has 0 aliphatic carbocycles. The van der Waals surface area contributed by atoms with Crippen LogP contribution in [-0.2, 0) is 14.8 Å². The van der Waals surface area contributed by atoms with Gasteiger partial charge >= 0.3 is 0 Å². The first-order valence-electron chi connectivity index (χ1n) is 6.64. The maximum Gasteiger partial charge on any atom is 0.274 e. The zero-order valence-electron chi connectivity index (χ0n) is 12.1. The molecular formula is C15H15FN2O3S2. The van der Waals surface area contributed by atoms with Crippen molar-refractivity contribution in [2.24, 2.45) is 0 Å². The Morgan fingerprint density at radius 3 is 2.57 bits per heavy atom. The molecule has 5 nitrogen and oxygen atoms in total. The third-order valence-electron chi connectivity index (χ3n) is 2.88. The predicted octanol–water partition coefficient (Wildman–Crippen LogP) is 2.38. The molecule has 2 rings (SSSR count). The van der Waals surface area contributed by atoms with Gasteiger partial charge in [-0.2, -0.15) is 0 Å². The van der Waals surface area contributed by atoms with E-state index < -0.39 is 28.3 Å². The molecule has 0 atom stereocenters. The van der Waals surface area contributed by atoms with Crippen molar-refractivity contribution in [3.63, 3.8) is 0 Å². The van der Waals surface area contributed by atoms with E-state index in [-0.39, 0.29) is 16.4 Å². The molecule has 1 aromatic heterocycles. The molecule has 23 heavy (non-hydrogen) atoms. The molecule has 8 heteroatoms. The van der Waals surface area contributed by atoms with Gasteiger partial charge in [0.2, 0.25) is 5.91 Å². The summed E-state index contributed by atoms with van der Waals surface area (Å²) in [6.45, 7) is 3.31. The summed E-state index contributed by atoms with van der Waals surface area (Å²) in [7, 11) is -3.90. The quantitative estimate of drug-likeness (QED) is 0.777. The molecule has 2 aromatic rings. The monoisotopic (exact) mass is 354 g/mol. The highest BCUT2D eigenvalue weighted by Crippen LogP contribution is 2.26. The van der Waals surface area contributed by atoms with Crippen LogP contribution in [0.1, 0.15) is 0 Å². The molecule has 1 heterocycles. The first-order valence-corrected chi connectivity index (χ1v) is 8.96. The maximum absolute atomic E-state index is 13.1. The second kappa shape index (κ2) is 7.38. The van der Waals surface area contributed by atoms with Gasteiger partial charge in [0.25, 0.3) is 10.0 Å². The average Bonchev–Trinajstić information content (AvgIpc) is 3.07. The van der Waals surface area contributed by atoms with Crippen LogP contribution in [-0.4, -0.2) is 27.4 Å². The van der Waals surface area contributed by atoms with Crippen molar-refractivity contribution in [1.82, 2.24) is 5.32 Å². The van der Waals surface area contributed by atoms with Gasteiger partial charge in [-0.3, -0.25) is 9.10 Å². The average molecular weight is 354 g/mol. The number of halogens is 1. The number of sulfonamides is 1. The van der Waals surface area contributed by atoms with E-state index >= 15 is 0 Å². The molecule has 0 bridgehead atoms. The molecule has 0 saturated heterocycles. The molecule has 0 aliphatic heterocycles. The summed E-state index contributed by atoms with van der Waals surface area (Å²) < 4.78 is 39.6. The Morgan fingerprint density at radius 1 is 1.30 bits per heavy atom. The van der Waals surface area contributed by atoms with Crippen LogP contribution in [0.5, 0.6) is 0 Å². The van der Waals surface area contributed by atoms with E-state index in [1.807, 2.05) is 0 Å². The molecule has 1 amide bonds. The van der Waals surface area contributed by atoms with E-state index in [2.05, 4.69) is 11.9 Å². The Kier molecular flexibility index (Phi) is 5.51. The summed E-state index contributed by atoms with van der Waals surface area (Å²) in [6, 6.07) is 8.00. The lowest BCUT2D eigenvalue weighted by Crippen LogP contribution is -2.40. The zero-order chi connectivity index (χ0) is 16.9. The lowest BCUT2D eigenvalue weighted by Gasteiger charge is -2.23. The molecule has 0 saturated carbocycles. The standard InChI is InChI=1S/C15H15FN2O3S2/c1-2-9-17-14(19)11-18(13-7-5-12(16)6-8-13)23(20,21)15-4-3-10-22-15/h2-8,10H,1,9,11H2,(H,17,19). The van der Waals surface area contributed by atoms with E-state index in [1.165, 1.54) is 24.3 Å². The minimum atomic E-state index is -3.90. The van der Waals surface area contributed by atoms with Crippen molar-refractivity contribution in [2.75, 3.05) is 17.4 Å². The fraction of sp³-hybridized carbons (Fsp3) is 0.133. The molecule has 122 valence electrons. The maximum atomic E-state index is 13.1. The lowest BCUT2D eigenvalue weighted by atomic mass is 10.3. The van der Waals surface area contributed by atoms with E-state index in [4.69, 9.17) is 0 Å². The number of thiophene rings is 1. The second-order valence-electron chi connectivity index (χ2n) is 4.51. The van der Waals surface area contributed by atoms with Crippen LogP contribution in [0.25, 0.3) is 0 Å². The van der Waals surface area contributed by atoms with Gasteiger partial charge in [-0.05, 0) is 35.7 Å². The first kappa shape index (κ1) is 17.2. The van der Waals surface area contributed by atoms with Crippen molar-refractivity contribution in [2.45, 2.75) is 4.21 Å². The molecule has 0 fully saturated rings. The van der Waals surface area contributed by atoms with Crippen molar-refractivity contribution >= 4 is 33.0 Å². The number of carbonyl (C=O) groups is 1. The minimum absolute atomic E-state index is 0.110. The number of amides is 1. The molecule has 1 N–H and O–H groups in total. The van der Waals surface area contributed by atoms with Gasteiger partial charge in [-0.15, -0.1) is 17.9 Å². The highest BCUT2D eigenvalue weighted by atomic mass is 32.2. The summed E-state index contributed by atoms with van der Waals surface area (Å²) >= 11 is 1.05. The molecular weight excluding hydrogens is 339 g/mol. The van der Waals surface area contributed by atoms with Gasteiger partial charge in [0.05, 0.1) is 5.69 Å². The predicted molar refractivity (Wildman–Crippen MR) is 88.5 cm³/mol. The molecule has 1 aromatic carbocycles. The summed E-state index contributed by atoms with van der Waals surface area (Å²) in [6.07, 6.45) is 1.49. The van der Waals surface area contributed by atoms with E-state index in [0.29, 0.717) is 0 Å². The van der Waals surface area contributed by atoms with Crippen LogP contribution in [0, 0.1) is 5.82 Å². The lowest BCUT2D eigenvalue weighted by molar-refractivity contribution is -0.119. The number of nitrogens with zero attached hydrogens (tertiary/aromatic N) is 1. The van der Waals surface area contributed by atoms with Crippen LogP contribution in [0.2, 0.25) is 0 Å². The van der Waals surface area contributed by atoms with Crippen LogP contribution in [0.4, 0.5) is 10.1 Å². The summed E-state index contributed by atoms with van der Waals surface area (Å²) in [5, 5.41) is 4.16. The number of hydrogen-bond acceptors (Lipinski definition) is 4. The van der Waals surface area contributed by atoms with Crippen LogP contribution >= 0.6 is 11.3 Å². The van der Waals surface area contributed by atoms with Gasteiger partial charge in [-0.1, -0.05) is 12.1 Å². The Bertz CT molecular complexity index is 772. The van der Waals surface area contributed by atoms with Crippen molar-refractivity contribution in [3.05, 3.63) is 60.3 Å². The van der Waals surface area contributed by atoms with Gasteiger partial charge in [0.1, 0.15) is 16.6 Å². The van der Waals surface area contributed by atoms with Crippen LogP contribution in [0.15, 0.2) is 58.6 Å². The van der Waals surface area contributed by atoms with Crippen molar-refractivity contribution < 1.29 is 17.6 Å². The largest absolute Gasteiger partial charge is 0.351 e. The van der Waals surface area contributed by atoms with Crippen molar-refractivity contribution in [1.29, 1.82) is 0 Å². The Hall–Kier alpha value is -2.19. The number of anilines is 1. The molecule has 0 radical (unpaired) electrons. The third kappa shape index (κ3) is 4.17. The third-order valence-corrected chi connectivity index (χ3v) is 6.03. The summed E-state index contributed by atoms with van der Waals surface area (Å²) in [5.41, 5.74) is 0.216. The highest BCUT2D eigenvalue weighted by molar-refractivity contribution is 7.94. The van der Waals surface area contributed by atoms with Gasteiger partial charge in [0, 0.05) is 6.54 Å². The number of rotatable bonds is 7. The highest BCUT2D eigenvalue weighted by Gasteiger charge is 2.27. The summed E-state index contributed by atoms with van der Waals surface area (Å²) in [4.78, 5) is 11.9. The second-order valence-corrected chi connectivity index (χ2v) is 7.55. The molecule has 0 unspecified atom stereocenters. The van der Waals surface area contributed by atoms with Crippen LogP contribution < -0.4 is 9.62 Å². The fourth-order valence-corrected chi connectivity index (χ4v) is 4.34. The molecule has 0 aliphatic rings. The summed E-state index contributed by atoms with van der Waals surface area (Å²) in [5.74, 6) is -0.965. The van der Waals surface area contributed by atoms with E-state index in [0.717, 1.165) is 27.8 Å². The van der Waals surface area contributed by atoms with Gasteiger partial charge in [-0.25, -0.2) is 12.8 Å². The number of hydrogen-bond donors (Lipinski definition) is 1. The normalized spacial score (nSPS) is 11.0. The van der Waals surface area contributed by atoms with Crippen LogP contribution in [0.3, 0.4) is 0 Å². The van der Waals surface area contributed by atoms with Gasteiger partial charge < -0.3 is 5.32 Å². The Morgan fingerprint density at radius 2 is 2.00 bits per heavy atom.